The lowest BCUT2D eigenvalue weighted by Crippen LogP contribution is -3.15. The van der Waals surface area contributed by atoms with Gasteiger partial charge >= 0.3 is 6.03 Å². The standard InChI is InChI=1S/C13H17N3O3/c17-12(10-16-6-8-19-9-7-16)15-13(18)14-11-4-2-1-3-5-11/h1-5H,6-10H2,(H2,14,15,17,18)/p+1. The zero-order valence-electron chi connectivity index (χ0n) is 10.6. The Labute approximate surface area is 111 Å². The SMILES string of the molecule is O=C(C[NH+]1CCOCC1)NC(=O)Nc1ccccc1. The van der Waals surface area contributed by atoms with Crippen LogP contribution in [0.5, 0.6) is 0 Å². The molecule has 6 nitrogen and oxygen atoms in total. The Hall–Kier alpha value is -1.92. The summed E-state index contributed by atoms with van der Waals surface area (Å²) in [6, 6.07) is 8.51. The third-order valence-corrected chi connectivity index (χ3v) is 2.90. The van der Waals surface area contributed by atoms with Gasteiger partial charge in [0.05, 0.1) is 13.2 Å². The van der Waals surface area contributed by atoms with Gasteiger partial charge < -0.3 is 15.0 Å². The Bertz CT molecular complexity index is 430. The highest BCUT2D eigenvalue weighted by atomic mass is 16.5. The first-order chi connectivity index (χ1) is 9.24. The molecule has 1 aliphatic heterocycles. The Morgan fingerprint density at radius 3 is 2.53 bits per heavy atom. The minimum Gasteiger partial charge on any atom is -0.370 e. The van der Waals surface area contributed by atoms with Gasteiger partial charge in [-0.15, -0.1) is 0 Å². The van der Waals surface area contributed by atoms with Gasteiger partial charge in [-0.05, 0) is 12.1 Å². The van der Waals surface area contributed by atoms with E-state index in [1.54, 1.807) is 12.1 Å². The third-order valence-electron chi connectivity index (χ3n) is 2.90. The molecule has 2 rings (SSSR count). The van der Waals surface area contributed by atoms with Crippen LogP contribution in [0.25, 0.3) is 0 Å². The number of morpholine rings is 1. The molecular weight excluding hydrogens is 246 g/mol. The zero-order valence-corrected chi connectivity index (χ0v) is 10.6. The van der Waals surface area contributed by atoms with Gasteiger partial charge in [0.2, 0.25) is 0 Å². The van der Waals surface area contributed by atoms with Gasteiger partial charge in [-0.25, -0.2) is 4.79 Å². The van der Waals surface area contributed by atoms with Crippen LogP contribution in [0.4, 0.5) is 10.5 Å². The highest BCUT2D eigenvalue weighted by Crippen LogP contribution is 2.03. The Morgan fingerprint density at radius 1 is 1.16 bits per heavy atom. The van der Waals surface area contributed by atoms with Gasteiger partial charge in [0.1, 0.15) is 13.1 Å². The number of anilines is 1. The van der Waals surface area contributed by atoms with Crippen molar-refractivity contribution in [2.45, 2.75) is 0 Å². The number of para-hydroxylation sites is 1. The molecule has 19 heavy (non-hydrogen) atoms. The van der Waals surface area contributed by atoms with Crippen molar-refractivity contribution in [2.24, 2.45) is 0 Å². The minimum atomic E-state index is -0.496. The maximum Gasteiger partial charge on any atom is 0.326 e. The van der Waals surface area contributed by atoms with Crippen molar-refractivity contribution in [3.8, 4) is 0 Å². The molecule has 0 unspecified atom stereocenters. The predicted octanol–water partition coefficient (Wildman–Crippen LogP) is -0.750. The lowest BCUT2D eigenvalue weighted by molar-refractivity contribution is -0.900. The number of hydrogen-bond acceptors (Lipinski definition) is 3. The topological polar surface area (TPSA) is 71.9 Å². The maximum absolute atomic E-state index is 11.7. The van der Waals surface area contributed by atoms with E-state index in [1.165, 1.54) is 0 Å². The van der Waals surface area contributed by atoms with E-state index >= 15 is 0 Å². The number of carbonyl (C=O) groups is 2. The van der Waals surface area contributed by atoms with Crippen LogP contribution in [0, 0.1) is 0 Å². The third kappa shape index (κ3) is 4.69. The van der Waals surface area contributed by atoms with Gasteiger partial charge in [0.25, 0.3) is 5.91 Å². The van der Waals surface area contributed by atoms with Gasteiger partial charge in [-0.1, -0.05) is 18.2 Å². The summed E-state index contributed by atoms with van der Waals surface area (Å²) in [5.74, 6) is -0.273. The molecule has 0 aromatic heterocycles. The fraction of sp³-hybridized carbons (Fsp3) is 0.385. The molecule has 1 aliphatic rings. The molecule has 0 saturated carbocycles. The van der Waals surface area contributed by atoms with E-state index < -0.39 is 6.03 Å². The Morgan fingerprint density at radius 2 is 1.84 bits per heavy atom. The van der Waals surface area contributed by atoms with E-state index in [0.717, 1.165) is 18.0 Å². The fourth-order valence-electron chi connectivity index (χ4n) is 1.92. The van der Waals surface area contributed by atoms with Crippen molar-refractivity contribution in [1.82, 2.24) is 5.32 Å². The molecule has 0 aliphatic carbocycles. The lowest BCUT2D eigenvalue weighted by Gasteiger charge is -2.22. The largest absolute Gasteiger partial charge is 0.370 e. The summed E-state index contributed by atoms with van der Waals surface area (Å²) >= 11 is 0. The van der Waals surface area contributed by atoms with Crippen molar-refractivity contribution < 1.29 is 19.2 Å². The van der Waals surface area contributed by atoms with Crippen molar-refractivity contribution in [3.05, 3.63) is 30.3 Å². The molecule has 1 heterocycles. The summed E-state index contributed by atoms with van der Waals surface area (Å²) in [5.41, 5.74) is 0.659. The second kappa shape index (κ2) is 6.86. The van der Waals surface area contributed by atoms with Crippen LogP contribution in [0.15, 0.2) is 30.3 Å². The quantitative estimate of drug-likeness (QED) is 0.672. The number of amides is 3. The maximum atomic E-state index is 11.7. The van der Waals surface area contributed by atoms with Crippen LogP contribution < -0.4 is 15.5 Å². The molecule has 0 radical (unpaired) electrons. The number of hydrogen-bond donors (Lipinski definition) is 3. The van der Waals surface area contributed by atoms with Crippen LogP contribution in [0.1, 0.15) is 0 Å². The summed E-state index contributed by atoms with van der Waals surface area (Å²) < 4.78 is 5.21. The normalized spacial score (nSPS) is 15.8. The number of quaternary nitrogens is 1. The van der Waals surface area contributed by atoms with Gasteiger partial charge in [0.15, 0.2) is 6.54 Å². The van der Waals surface area contributed by atoms with E-state index in [1.807, 2.05) is 18.2 Å². The van der Waals surface area contributed by atoms with Crippen LogP contribution in [0.2, 0.25) is 0 Å². The van der Waals surface area contributed by atoms with Crippen molar-refractivity contribution in [1.29, 1.82) is 0 Å². The predicted molar refractivity (Wildman–Crippen MR) is 70.0 cm³/mol. The Kier molecular flexibility index (Phi) is 4.88. The molecule has 3 amide bonds. The van der Waals surface area contributed by atoms with E-state index in [0.29, 0.717) is 25.4 Å². The van der Waals surface area contributed by atoms with Crippen LogP contribution in [-0.4, -0.2) is 44.8 Å². The van der Waals surface area contributed by atoms with Crippen LogP contribution in [0.3, 0.4) is 0 Å². The van der Waals surface area contributed by atoms with Crippen LogP contribution in [-0.2, 0) is 9.53 Å². The highest BCUT2D eigenvalue weighted by molar-refractivity contribution is 6.01. The van der Waals surface area contributed by atoms with Crippen molar-refractivity contribution >= 4 is 17.6 Å². The summed E-state index contributed by atoms with van der Waals surface area (Å²) in [5, 5.41) is 4.93. The molecule has 1 fully saturated rings. The summed E-state index contributed by atoms with van der Waals surface area (Å²) in [6.45, 7) is 3.23. The lowest BCUT2D eigenvalue weighted by atomic mass is 10.3. The molecule has 1 aromatic carbocycles. The first kappa shape index (κ1) is 13.5. The molecule has 6 heteroatoms. The van der Waals surface area contributed by atoms with Gasteiger partial charge in [-0.3, -0.25) is 10.1 Å². The molecule has 102 valence electrons. The first-order valence-electron chi connectivity index (χ1n) is 6.31. The van der Waals surface area contributed by atoms with E-state index in [4.69, 9.17) is 4.74 Å². The van der Waals surface area contributed by atoms with E-state index in [2.05, 4.69) is 10.6 Å². The Balaban J connectivity index is 1.74. The monoisotopic (exact) mass is 264 g/mol. The van der Waals surface area contributed by atoms with Crippen molar-refractivity contribution in [3.63, 3.8) is 0 Å². The number of urea groups is 1. The molecule has 1 aromatic rings. The number of rotatable bonds is 3. The minimum absolute atomic E-state index is 0.273. The van der Waals surface area contributed by atoms with Crippen molar-refractivity contribution in [2.75, 3.05) is 38.2 Å². The molecule has 0 spiro atoms. The summed E-state index contributed by atoms with van der Waals surface area (Å²) in [4.78, 5) is 24.4. The average molecular weight is 264 g/mol. The number of benzene rings is 1. The molecule has 0 bridgehead atoms. The van der Waals surface area contributed by atoms with Gasteiger partial charge in [-0.2, -0.15) is 0 Å². The van der Waals surface area contributed by atoms with Crippen LogP contribution >= 0.6 is 0 Å². The summed E-state index contributed by atoms with van der Waals surface area (Å²) in [6.07, 6.45) is 0. The van der Waals surface area contributed by atoms with E-state index in [-0.39, 0.29) is 5.91 Å². The molecule has 3 N–H and O–H groups in total. The molecule has 1 saturated heterocycles. The second-order valence-electron chi connectivity index (χ2n) is 4.41. The number of ether oxygens (including phenoxy) is 1. The smallest absolute Gasteiger partial charge is 0.326 e. The molecule has 0 atom stereocenters. The number of nitrogens with one attached hydrogen (secondary N) is 3. The number of imide groups is 1. The second-order valence-corrected chi connectivity index (χ2v) is 4.41. The highest BCUT2D eigenvalue weighted by Gasteiger charge is 2.18. The fourth-order valence-corrected chi connectivity index (χ4v) is 1.92. The zero-order chi connectivity index (χ0) is 13.5. The summed E-state index contributed by atoms with van der Waals surface area (Å²) in [7, 11) is 0. The average Bonchev–Trinajstić information content (AvgIpc) is 2.40. The van der Waals surface area contributed by atoms with Gasteiger partial charge in [0, 0.05) is 5.69 Å². The van der Waals surface area contributed by atoms with E-state index in [9.17, 15) is 9.59 Å². The molecular formula is C13H18N3O3+. The first-order valence-corrected chi connectivity index (χ1v) is 6.31. The number of carbonyl (C=O) groups excluding carboxylic acids is 2.